The summed E-state index contributed by atoms with van der Waals surface area (Å²) in [5.41, 5.74) is 0. The summed E-state index contributed by atoms with van der Waals surface area (Å²) in [6.45, 7) is 3.79. The third-order valence-corrected chi connectivity index (χ3v) is 2.85. The van der Waals surface area contributed by atoms with E-state index in [4.69, 9.17) is 14.6 Å². The minimum atomic E-state index is -1.68. The molecule has 1 aliphatic rings. The molecule has 2 N–H and O–H groups in total. The molecule has 0 aromatic carbocycles. The Morgan fingerprint density at radius 2 is 1.86 bits per heavy atom. The van der Waals surface area contributed by atoms with Gasteiger partial charge >= 0.3 is 5.97 Å². The van der Waals surface area contributed by atoms with Gasteiger partial charge in [0.2, 0.25) is 11.8 Å². The summed E-state index contributed by atoms with van der Waals surface area (Å²) >= 11 is 0. The zero-order valence-corrected chi connectivity index (χ0v) is 12.5. The summed E-state index contributed by atoms with van der Waals surface area (Å²) in [6.07, 6.45) is 2.13. The third-order valence-electron chi connectivity index (χ3n) is 2.85. The van der Waals surface area contributed by atoms with Gasteiger partial charge in [0.1, 0.15) is 12.6 Å². The quantitative estimate of drug-likeness (QED) is 0.445. The fourth-order valence-corrected chi connectivity index (χ4v) is 1.83. The van der Waals surface area contributed by atoms with Crippen molar-refractivity contribution in [3.63, 3.8) is 0 Å². The predicted octanol–water partition coefficient (Wildman–Crippen LogP) is -0.772. The molecule has 0 aromatic rings. The van der Waals surface area contributed by atoms with Crippen molar-refractivity contribution >= 4 is 23.7 Å². The number of aliphatic carboxylic acids is 1. The molecule has 0 fully saturated rings. The topological polar surface area (TPSA) is 122 Å². The SMILES string of the molecule is CCOC(C)(NC(=O)C(C)N1C(=O)C=CC1=O)OCC(=O)O. The van der Waals surface area contributed by atoms with Crippen LogP contribution in [0.3, 0.4) is 0 Å². The van der Waals surface area contributed by atoms with Gasteiger partial charge in [-0.05, 0) is 13.8 Å². The molecule has 0 bridgehead atoms. The molecule has 1 aliphatic heterocycles. The van der Waals surface area contributed by atoms with Crippen molar-refractivity contribution in [2.24, 2.45) is 0 Å². The van der Waals surface area contributed by atoms with E-state index in [1.807, 2.05) is 0 Å². The molecule has 9 heteroatoms. The summed E-state index contributed by atoms with van der Waals surface area (Å²) in [7, 11) is 0. The second kappa shape index (κ2) is 7.14. The second-order valence-electron chi connectivity index (χ2n) is 4.61. The molecule has 1 heterocycles. The number of hydrogen-bond donors (Lipinski definition) is 2. The van der Waals surface area contributed by atoms with Crippen LogP contribution in [0.4, 0.5) is 0 Å². The summed E-state index contributed by atoms with van der Waals surface area (Å²) in [5.74, 6) is -4.83. The highest BCUT2D eigenvalue weighted by molar-refractivity contribution is 6.15. The number of carbonyl (C=O) groups excluding carboxylic acids is 3. The monoisotopic (exact) mass is 314 g/mol. The highest BCUT2D eigenvalue weighted by Crippen LogP contribution is 2.13. The van der Waals surface area contributed by atoms with Crippen LogP contribution in [0.2, 0.25) is 0 Å². The average Bonchev–Trinajstić information content (AvgIpc) is 2.75. The molecule has 1 rings (SSSR count). The number of ether oxygens (including phenoxy) is 2. The lowest BCUT2D eigenvalue weighted by Crippen LogP contribution is -2.57. The fourth-order valence-electron chi connectivity index (χ4n) is 1.83. The highest BCUT2D eigenvalue weighted by Gasteiger charge is 2.37. The van der Waals surface area contributed by atoms with E-state index in [0.717, 1.165) is 17.1 Å². The number of nitrogens with one attached hydrogen (secondary N) is 1. The van der Waals surface area contributed by atoms with Gasteiger partial charge in [-0.3, -0.25) is 19.3 Å². The van der Waals surface area contributed by atoms with Crippen molar-refractivity contribution in [1.29, 1.82) is 0 Å². The van der Waals surface area contributed by atoms with Crippen LogP contribution in [-0.4, -0.2) is 58.9 Å². The molecule has 2 unspecified atom stereocenters. The molecule has 2 atom stereocenters. The first-order valence-corrected chi connectivity index (χ1v) is 6.57. The van der Waals surface area contributed by atoms with Crippen LogP contribution in [0.15, 0.2) is 12.2 Å². The number of imide groups is 1. The van der Waals surface area contributed by atoms with E-state index in [-0.39, 0.29) is 6.61 Å². The molecule has 9 nitrogen and oxygen atoms in total. The number of carboxylic acids is 1. The largest absolute Gasteiger partial charge is 0.480 e. The third kappa shape index (κ3) is 4.37. The van der Waals surface area contributed by atoms with E-state index >= 15 is 0 Å². The minimum Gasteiger partial charge on any atom is -0.480 e. The van der Waals surface area contributed by atoms with Crippen molar-refractivity contribution in [3.8, 4) is 0 Å². The van der Waals surface area contributed by atoms with E-state index in [1.54, 1.807) is 6.92 Å². The first-order valence-electron chi connectivity index (χ1n) is 6.57. The van der Waals surface area contributed by atoms with Gasteiger partial charge in [-0.1, -0.05) is 0 Å². The molecular formula is C13H18N2O7. The van der Waals surface area contributed by atoms with Crippen LogP contribution in [-0.2, 0) is 28.7 Å². The minimum absolute atomic E-state index is 0.147. The smallest absolute Gasteiger partial charge is 0.329 e. The van der Waals surface area contributed by atoms with Crippen LogP contribution in [0.1, 0.15) is 20.8 Å². The van der Waals surface area contributed by atoms with Crippen molar-refractivity contribution < 1.29 is 33.8 Å². The van der Waals surface area contributed by atoms with Gasteiger partial charge in [0.05, 0.1) is 0 Å². The molecule has 0 saturated carbocycles. The van der Waals surface area contributed by atoms with Gasteiger partial charge in [-0.25, -0.2) is 4.79 Å². The Bertz CT molecular complexity index is 499. The Labute approximate surface area is 126 Å². The van der Waals surface area contributed by atoms with Gasteiger partial charge in [0.25, 0.3) is 11.8 Å². The van der Waals surface area contributed by atoms with Gasteiger partial charge in [0, 0.05) is 25.7 Å². The standard InChI is InChI=1S/C13H18N2O7/c1-4-21-13(3,22-7-11(18)19)14-12(20)8(2)15-9(16)5-6-10(15)17/h5-6,8H,4,7H2,1-3H3,(H,14,20)(H,18,19). The van der Waals surface area contributed by atoms with Crippen LogP contribution in [0, 0.1) is 0 Å². The Kier molecular flexibility index (Phi) is 5.77. The maximum absolute atomic E-state index is 12.2. The number of carboxylic acid groups (broad SMARTS) is 1. The van der Waals surface area contributed by atoms with Crippen LogP contribution < -0.4 is 5.32 Å². The summed E-state index contributed by atoms with van der Waals surface area (Å²) < 4.78 is 10.2. The van der Waals surface area contributed by atoms with E-state index in [1.165, 1.54) is 13.8 Å². The maximum atomic E-state index is 12.2. The number of hydrogen-bond acceptors (Lipinski definition) is 6. The molecule has 0 radical (unpaired) electrons. The molecule has 0 aliphatic carbocycles. The van der Waals surface area contributed by atoms with Crippen molar-refractivity contribution in [3.05, 3.63) is 12.2 Å². The predicted molar refractivity (Wildman–Crippen MR) is 72.2 cm³/mol. The van der Waals surface area contributed by atoms with E-state index < -0.39 is 42.3 Å². The van der Waals surface area contributed by atoms with Crippen molar-refractivity contribution in [1.82, 2.24) is 10.2 Å². The number of rotatable bonds is 8. The van der Waals surface area contributed by atoms with Gasteiger partial charge in [-0.2, -0.15) is 0 Å². The normalized spacial score (nSPS) is 18.2. The first kappa shape index (κ1) is 17.8. The molecular weight excluding hydrogens is 296 g/mol. The van der Waals surface area contributed by atoms with Crippen LogP contribution >= 0.6 is 0 Å². The number of nitrogens with zero attached hydrogens (tertiary/aromatic N) is 1. The zero-order valence-electron chi connectivity index (χ0n) is 12.5. The maximum Gasteiger partial charge on any atom is 0.329 e. The van der Waals surface area contributed by atoms with E-state index in [2.05, 4.69) is 5.32 Å². The van der Waals surface area contributed by atoms with E-state index in [9.17, 15) is 19.2 Å². The zero-order chi connectivity index (χ0) is 16.9. The molecule has 0 spiro atoms. The second-order valence-corrected chi connectivity index (χ2v) is 4.61. The Hall–Kier alpha value is -2.26. The molecule has 122 valence electrons. The fraction of sp³-hybridized carbons (Fsp3) is 0.538. The van der Waals surface area contributed by atoms with Gasteiger partial charge in [0.15, 0.2) is 0 Å². The first-order chi connectivity index (χ1) is 10.2. The van der Waals surface area contributed by atoms with Gasteiger partial charge in [-0.15, -0.1) is 0 Å². The van der Waals surface area contributed by atoms with E-state index in [0.29, 0.717) is 0 Å². The lowest BCUT2D eigenvalue weighted by atomic mass is 10.2. The Morgan fingerprint density at radius 1 is 1.32 bits per heavy atom. The summed E-state index contributed by atoms with van der Waals surface area (Å²) in [6, 6.07) is -1.09. The number of carbonyl (C=O) groups is 4. The summed E-state index contributed by atoms with van der Waals surface area (Å²) in [5, 5.41) is 11.0. The highest BCUT2D eigenvalue weighted by atomic mass is 16.7. The van der Waals surface area contributed by atoms with Crippen LogP contribution in [0.25, 0.3) is 0 Å². The Balaban J connectivity index is 2.75. The molecule has 3 amide bonds. The van der Waals surface area contributed by atoms with Gasteiger partial charge < -0.3 is 19.9 Å². The number of amides is 3. The lowest BCUT2D eigenvalue weighted by molar-refractivity contribution is -0.243. The molecule has 0 saturated heterocycles. The molecule has 0 aromatic heterocycles. The Morgan fingerprint density at radius 3 is 2.32 bits per heavy atom. The average molecular weight is 314 g/mol. The lowest BCUT2D eigenvalue weighted by Gasteiger charge is -2.32. The summed E-state index contributed by atoms with van der Waals surface area (Å²) in [4.78, 5) is 46.6. The van der Waals surface area contributed by atoms with Crippen LogP contribution in [0.5, 0.6) is 0 Å². The molecule has 22 heavy (non-hydrogen) atoms. The van der Waals surface area contributed by atoms with Crippen molar-refractivity contribution in [2.45, 2.75) is 32.7 Å². The van der Waals surface area contributed by atoms with Crippen molar-refractivity contribution in [2.75, 3.05) is 13.2 Å².